The number of aromatic nitrogens is 2. The summed E-state index contributed by atoms with van der Waals surface area (Å²) >= 11 is 5.87. The number of likely N-dealkylation sites (tertiary alicyclic amines) is 1. The van der Waals surface area contributed by atoms with Gasteiger partial charge >= 0.3 is 0 Å². The van der Waals surface area contributed by atoms with Gasteiger partial charge in [0.1, 0.15) is 11.4 Å². The number of benzene rings is 2. The third-order valence-electron chi connectivity index (χ3n) is 5.48. The molecule has 162 valence electrons. The van der Waals surface area contributed by atoms with E-state index < -0.39 is 15.1 Å². The van der Waals surface area contributed by atoms with E-state index in [4.69, 9.17) is 16.3 Å². The number of hydrogen-bond acceptors (Lipinski definition) is 5. The summed E-state index contributed by atoms with van der Waals surface area (Å²) in [5, 5.41) is 4.28. The van der Waals surface area contributed by atoms with Crippen LogP contribution in [0.15, 0.2) is 59.5 Å². The van der Waals surface area contributed by atoms with Crippen LogP contribution < -0.4 is 4.74 Å². The van der Waals surface area contributed by atoms with Crippen molar-refractivity contribution in [3.63, 3.8) is 0 Å². The quantitative estimate of drug-likeness (QED) is 0.583. The lowest BCUT2D eigenvalue weighted by Gasteiger charge is -2.16. The third kappa shape index (κ3) is 4.18. The van der Waals surface area contributed by atoms with Crippen molar-refractivity contribution >= 4 is 27.3 Å². The fourth-order valence-corrected chi connectivity index (χ4v) is 5.55. The van der Waals surface area contributed by atoms with Crippen LogP contribution in [-0.4, -0.2) is 54.5 Å². The van der Waals surface area contributed by atoms with E-state index in [0.29, 0.717) is 35.1 Å². The number of methoxy groups -OCH3 is 1. The highest BCUT2D eigenvalue weighted by atomic mass is 35.5. The number of sulfone groups is 1. The van der Waals surface area contributed by atoms with Crippen molar-refractivity contribution in [1.29, 1.82) is 0 Å². The summed E-state index contributed by atoms with van der Waals surface area (Å²) in [4.78, 5) is 14.9. The first kappa shape index (κ1) is 21.4. The lowest BCUT2D eigenvalue weighted by Crippen LogP contribution is -2.33. The van der Waals surface area contributed by atoms with Gasteiger partial charge in [0.25, 0.3) is 5.91 Å². The Hall–Kier alpha value is -2.84. The SMILES string of the molecule is COc1cccc(-c2cc(C(=O)N3CCC(S(=O)(=O)c4ccc(Cl)cc4)C3)n(C)n2)c1. The summed E-state index contributed by atoms with van der Waals surface area (Å²) < 4.78 is 32.7. The van der Waals surface area contributed by atoms with E-state index in [1.54, 1.807) is 37.3 Å². The van der Waals surface area contributed by atoms with Crippen LogP contribution >= 0.6 is 11.6 Å². The highest BCUT2D eigenvalue weighted by molar-refractivity contribution is 7.92. The molecule has 0 aliphatic carbocycles. The number of halogens is 1. The van der Waals surface area contributed by atoms with Gasteiger partial charge in [-0.1, -0.05) is 23.7 Å². The monoisotopic (exact) mass is 459 g/mol. The lowest BCUT2D eigenvalue weighted by atomic mass is 10.1. The van der Waals surface area contributed by atoms with E-state index in [1.807, 2.05) is 24.3 Å². The maximum atomic E-state index is 13.1. The molecule has 9 heteroatoms. The zero-order chi connectivity index (χ0) is 22.2. The average molecular weight is 460 g/mol. The number of amides is 1. The normalized spacial score (nSPS) is 16.5. The fraction of sp³-hybridized carbons (Fsp3) is 0.273. The predicted molar refractivity (Wildman–Crippen MR) is 118 cm³/mol. The van der Waals surface area contributed by atoms with Crippen LogP contribution in [0.1, 0.15) is 16.9 Å². The van der Waals surface area contributed by atoms with Gasteiger partial charge in [-0.25, -0.2) is 8.42 Å². The second kappa shape index (κ2) is 8.36. The van der Waals surface area contributed by atoms with Crippen LogP contribution in [0.4, 0.5) is 0 Å². The summed E-state index contributed by atoms with van der Waals surface area (Å²) in [5.41, 5.74) is 1.88. The molecule has 7 nitrogen and oxygen atoms in total. The van der Waals surface area contributed by atoms with E-state index in [0.717, 1.165) is 5.56 Å². The lowest BCUT2D eigenvalue weighted by molar-refractivity contribution is 0.0782. The first-order chi connectivity index (χ1) is 14.8. The minimum atomic E-state index is -3.55. The zero-order valence-corrected chi connectivity index (χ0v) is 18.7. The number of ether oxygens (including phenoxy) is 1. The molecule has 4 rings (SSSR count). The van der Waals surface area contributed by atoms with Crippen LogP contribution in [0.5, 0.6) is 5.75 Å². The number of rotatable bonds is 5. The van der Waals surface area contributed by atoms with Gasteiger partial charge in [0.15, 0.2) is 9.84 Å². The van der Waals surface area contributed by atoms with Crippen LogP contribution in [-0.2, 0) is 16.9 Å². The Balaban J connectivity index is 1.53. The van der Waals surface area contributed by atoms with Gasteiger partial charge in [0, 0.05) is 30.7 Å². The van der Waals surface area contributed by atoms with Gasteiger partial charge < -0.3 is 9.64 Å². The molecule has 1 fully saturated rings. The fourth-order valence-electron chi connectivity index (χ4n) is 3.74. The summed E-state index contributed by atoms with van der Waals surface area (Å²) in [7, 11) is -0.254. The van der Waals surface area contributed by atoms with Crippen molar-refractivity contribution in [3.05, 3.63) is 65.3 Å². The molecule has 1 amide bonds. The van der Waals surface area contributed by atoms with E-state index >= 15 is 0 Å². The molecule has 3 aromatic rings. The smallest absolute Gasteiger partial charge is 0.272 e. The van der Waals surface area contributed by atoms with Crippen molar-refractivity contribution in [3.8, 4) is 17.0 Å². The molecule has 1 aliphatic rings. The molecule has 31 heavy (non-hydrogen) atoms. The van der Waals surface area contributed by atoms with Gasteiger partial charge in [-0.15, -0.1) is 0 Å². The van der Waals surface area contributed by atoms with Crippen LogP contribution in [0.3, 0.4) is 0 Å². The second-order valence-electron chi connectivity index (χ2n) is 7.43. The highest BCUT2D eigenvalue weighted by Gasteiger charge is 2.37. The molecular weight excluding hydrogens is 438 g/mol. The van der Waals surface area contributed by atoms with Crippen LogP contribution in [0.25, 0.3) is 11.3 Å². The van der Waals surface area contributed by atoms with Gasteiger partial charge in [-0.05, 0) is 48.9 Å². The second-order valence-corrected chi connectivity index (χ2v) is 10.1. The number of carbonyl (C=O) groups is 1. The predicted octanol–water partition coefficient (Wildman–Crippen LogP) is 3.44. The summed E-state index contributed by atoms with van der Waals surface area (Å²) in [5.74, 6) is 0.462. The molecule has 1 aromatic heterocycles. The van der Waals surface area contributed by atoms with Crippen LogP contribution in [0.2, 0.25) is 5.02 Å². The van der Waals surface area contributed by atoms with Crippen molar-refractivity contribution in [2.75, 3.05) is 20.2 Å². The first-order valence-electron chi connectivity index (χ1n) is 9.77. The standard InChI is InChI=1S/C22H22ClN3O4S/c1-25-21(13-20(24-25)15-4-3-5-17(12-15)30-2)22(27)26-11-10-19(14-26)31(28,29)18-8-6-16(23)7-9-18/h3-9,12-13,19H,10-11,14H2,1-2H3. The molecule has 0 radical (unpaired) electrons. The van der Waals surface area contributed by atoms with Crippen molar-refractivity contribution < 1.29 is 17.9 Å². The van der Waals surface area contributed by atoms with Crippen LogP contribution in [0, 0.1) is 0 Å². The van der Waals surface area contributed by atoms with Crippen molar-refractivity contribution in [2.45, 2.75) is 16.6 Å². The van der Waals surface area contributed by atoms with Gasteiger partial charge in [-0.3, -0.25) is 9.48 Å². The topological polar surface area (TPSA) is 81.5 Å². The van der Waals surface area contributed by atoms with E-state index in [-0.39, 0.29) is 17.3 Å². The minimum Gasteiger partial charge on any atom is -0.497 e. The van der Waals surface area contributed by atoms with Gasteiger partial charge in [0.05, 0.1) is 22.9 Å². The summed E-state index contributed by atoms with van der Waals surface area (Å²) in [6.07, 6.45) is 0.386. The number of aryl methyl sites for hydroxylation is 1. The van der Waals surface area contributed by atoms with Gasteiger partial charge in [-0.2, -0.15) is 5.10 Å². The Morgan fingerprint density at radius 2 is 1.90 bits per heavy atom. The third-order valence-corrected chi connectivity index (χ3v) is 7.92. The molecule has 0 bridgehead atoms. The van der Waals surface area contributed by atoms with E-state index in [1.165, 1.54) is 16.8 Å². The maximum Gasteiger partial charge on any atom is 0.272 e. The molecule has 0 saturated carbocycles. The van der Waals surface area contributed by atoms with Crippen molar-refractivity contribution in [1.82, 2.24) is 14.7 Å². The Labute approximate surface area is 186 Å². The maximum absolute atomic E-state index is 13.1. The number of hydrogen-bond donors (Lipinski definition) is 0. The molecule has 2 heterocycles. The molecule has 1 unspecified atom stereocenters. The van der Waals surface area contributed by atoms with E-state index in [9.17, 15) is 13.2 Å². The number of carbonyl (C=O) groups excluding carboxylic acids is 1. The Morgan fingerprint density at radius 3 is 2.61 bits per heavy atom. The van der Waals surface area contributed by atoms with Crippen molar-refractivity contribution in [2.24, 2.45) is 7.05 Å². The molecule has 1 aliphatic heterocycles. The highest BCUT2D eigenvalue weighted by Crippen LogP contribution is 2.28. The van der Waals surface area contributed by atoms with E-state index in [2.05, 4.69) is 5.10 Å². The summed E-state index contributed by atoms with van der Waals surface area (Å²) in [6, 6.07) is 15.3. The average Bonchev–Trinajstić information content (AvgIpc) is 3.41. The molecule has 2 aromatic carbocycles. The molecule has 1 atom stereocenters. The molecule has 1 saturated heterocycles. The molecular formula is C22H22ClN3O4S. The zero-order valence-electron chi connectivity index (χ0n) is 17.2. The van der Waals surface area contributed by atoms with Gasteiger partial charge in [0.2, 0.25) is 0 Å². The number of nitrogens with zero attached hydrogens (tertiary/aromatic N) is 3. The minimum absolute atomic E-state index is 0.142. The Kier molecular flexibility index (Phi) is 5.77. The molecule has 0 spiro atoms. The Bertz CT molecular complexity index is 1220. The first-order valence-corrected chi connectivity index (χ1v) is 11.7. The molecule has 0 N–H and O–H groups in total. The Morgan fingerprint density at radius 1 is 1.16 bits per heavy atom. The summed E-state index contributed by atoms with van der Waals surface area (Å²) in [6.45, 7) is 0.513. The largest absolute Gasteiger partial charge is 0.497 e.